The highest BCUT2D eigenvalue weighted by Gasteiger charge is 2.12. The number of carbonyl (C=O) groups is 1. The first-order chi connectivity index (χ1) is 11.9. The molecule has 0 bridgehead atoms. The minimum Gasteiger partial charge on any atom is -0.466 e. The number of hydrogen-bond donors (Lipinski definition) is 2. The van der Waals surface area contributed by atoms with E-state index in [4.69, 9.17) is 4.42 Å². The molecule has 1 aromatic carbocycles. The molecule has 2 heterocycles. The van der Waals surface area contributed by atoms with Gasteiger partial charge in [-0.2, -0.15) is 0 Å². The fourth-order valence-electron chi connectivity index (χ4n) is 2.87. The molecule has 0 radical (unpaired) electrons. The number of aromatic nitrogens is 2. The first-order valence-corrected chi connectivity index (χ1v) is 8.13. The van der Waals surface area contributed by atoms with E-state index in [-0.39, 0.29) is 11.7 Å². The summed E-state index contributed by atoms with van der Waals surface area (Å²) in [4.78, 5) is 24.2. The summed E-state index contributed by atoms with van der Waals surface area (Å²) in [5.74, 6) is 1.70. The molecule has 132 valence electrons. The smallest absolute Gasteiger partial charge is 0.328 e. The summed E-state index contributed by atoms with van der Waals surface area (Å²) in [7, 11) is 3.45. The lowest BCUT2D eigenvalue weighted by molar-refractivity contribution is 0.252. The third-order valence-electron chi connectivity index (χ3n) is 4.32. The van der Waals surface area contributed by atoms with Crippen LogP contribution in [0.15, 0.2) is 33.5 Å². The van der Waals surface area contributed by atoms with Gasteiger partial charge in [-0.3, -0.25) is 9.13 Å². The van der Waals surface area contributed by atoms with Crippen LogP contribution >= 0.6 is 0 Å². The number of aryl methyl sites for hydroxylation is 4. The van der Waals surface area contributed by atoms with E-state index in [0.717, 1.165) is 28.1 Å². The first kappa shape index (κ1) is 16.9. The molecule has 0 aliphatic carbocycles. The van der Waals surface area contributed by atoms with Gasteiger partial charge in [0, 0.05) is 32.7 Å². The van der Waals surface area contributed by atoms with Crippen LogP contribution in [0, 0.1) is 13.8 Å². The van der Waals surface area contributed by atoms with E-state index in [1.807, 2.05) is 38.1 Å². The molecule has 3 rings (SSSR count). The number of fused-ring (bicyclic) bond motifs is 1. The van der Waals surface area contributed by atoms with Gasteiger partial charge < -0.3 is 15.1 Å². The third kappa shape index (κ3) is 3.31. The van der Waals surface area contributed by atoms with Gasteiger partial charge in [0.05, 0.1) is 11.0 Å². The van der Waals surface area contributed by atoms with Gasteiger partial charge in [0.2, 0.25) is 0 Å². The van der Waals surface area contributed by atoms with Gasteiger partial charge in [-0.05, 0) is 43.7 Å². The molecular formula is C18H22N4O3. The molecule has 3 aromatic rings. The average Bonchev–Trinajstić information content (AvgIpc) is 3.06. The first-order valence-electron chi connectivity index (χ1n) is 8.13. The second-order valence-corrected chi connectivity index (χ2v) is 6.20. The normalized spacial score (nSPS) is 11.0. The van der Waals surface area contributed by atoms with E-state index in [9.17, 15) is 9.59 Å². The molecule has 0 saturated heterocycles. The largest absolute Gasteiger partial charge is 0.466 e. The number of benzene rings is 1. The third-order valence-corrected chi connectivity index (χ3v) is 4.32. The van der Waals surface area contributed by atoms with E-state index >= 15 is 0 Å². The number of furan rings is 1. The summed E-state index contributed by atoms with van der Waals surface area (Å²) in [6.45, 7) is 4.27. The molecule has 0 atom stereocenters. The zero-order valence-corrected chi connectivity index (χ0v) is 14.8. The quantitative estimate of drug-likeness (QED) is 0.764. The Balaban J connectivity index is 1.69. The summed E-state index contributed by atoms with van der Waals surface area (Å²) in [5.41, 5.74) is 3.10. The van der Waals surface area contributed by atoms with Crippen molar-refractivity contribution < 1.29 is 9.21 Å². The predicted octanol–water partition coefficient (Wildman–Crippen LogP) is 2.45. The summed E-state index contributed by atoms with van der Waals surface area (Å²) in [6.07, 6.45) is 0.631. The highest BCUT2D eigenvalue weighted by atomic mass is 16.3. The minimum atomic E-state index is -0.286. The van der Waals surface area contributed by atoms with Crippen molar-refractivity contribution in [2.75, 3.05) is 11.9 Å². The lowest BCUT2D eigenvalue weighted by Crippen LogP contribution is -2.30. The Labute approximate surface area is 145 Å². The topological polar surface area (TPSA) is 81.2 Å². The highest BCUT2D eigenvalue weighted by molar-refractivity contribution is 5.93. The fraction of sp³-hybridized carbons (Fsp3) is 0.333. The van der Waals surface area contributed by atoms with Crippen LogP contribution < -0.4 is 16.3 Å². The van der Waals surface area contributed by atoms with Crippen LogP contribution in [-0.4, -0.2) is 21.7 Å². The number of anilines is 1. The van der Waals surface area contributed by atoms with Crippen LogP contribution in [0.25, 0.3) is 11.0 Å². The summed E-state index contributed by atoms with van der Waals surface area (Å²) >= 11 is 0. The molecule has 0 fully saturated rings. The van der Waals surface area contributed by atoms with Crippen molar-refractivity contribution in [1.29, 1.82) is 0 Å². The molecule has 7 nitrogen and oxygen atoms in total. The molecule has 7 heteroatoms. The highest BCUT2D eigenvalue weighted by Crippen LogP contribution is 2.22. The van der Waals surface area contributed by atoms with Crippen LogP contribution in [-0.2, 0) is 20.5 Å². The monoisotopic (exact) mass is 342 g/mol. The zero-order chi connectivity index (χ0) is 18.1. The number of hydrogen-bond acceptors (Lipinski definition) is 3. The Morgan fingerprint density at radius 1 is 1.12 bits per heavy atom. The van der Waals surface area contributed by atoms with Crippen molar-refractivity contribution in [3.8, 4) is 0 Å². The van der Waals surface area contributed by atoms with Crippen molar-refractivity contribution in [3.63, 3.8) is 0 Å². The molecule has 2 aromatic heterocycles. The number of nitrogens with one attached hydrogen (secondary N) is 2. The van der Waals surface area contributed by atoms with E-state index in [1.165, 1.54) is 0 Å². The van der Waals surface area contributed by atoms with E-state index in [2.05, 4.69) is 10.6 Å². The van der Waals surface area contributed by atoms with Crippen LogP contribution in [0.4, 0.5) is 10.5 Å². The lowest BCUT2D eigenvalue weighted by atomic mass is 10.1. The summed E-state index contributed by atoms with van der Waals surface area (Å²) in [5, 5.41) is 5.66. The van der Waals surface area contributed by atoms with E-state index in [0.29, 0.717) is 18.7 Å². The van der Waals surface area contributed by atoms with E-state index in [1.54, 1.807) is 23.2 Å². The van der Waals surface area contributed by atoms with Crippen LogP contribution in [0.3, 0.4) is 0 Å². The van der Waals surface area contributed by atoms with E-state index < -0.39 is 0 Å². The lowest BCUT2D eigenvalue weighted by Gasteiger charge is -2.10. The van der Waals surface area contributed by atoms with Gasteiger partial charge in [-0.15, -0.1) is 0 Å². The number of nitrogens with zero attached hydrogens (tertiary/aromatic N) is 2. The van der Waals surface area contributed by atoms with Crippen molar-refractivity contribution in [3.05, 3.63) is 51.8 Å². The van der Waals surface area contributed by atoms with Gasteiger partial charge in [0.1, 0.15) is 11.5 Å². The molecular weight excluding hydrogens is 320 g/mol. The van der Waals surface area contributed by atoms with Gasteiger partial charge in [0.25, 0.3) is 0 Å². The second kappa shape index (κ2) is 6.51. The molecule has 0 aliphatic heterocycles. The maximum absolute atomic E-state index is 12.1. The van der Waals surface area contributed by atoms with Crippen molar-refractivity contribution in [2.24, 2.45) is 14.1 Å². The van der Waals surface area contributed by atoms with Crippen LogP contribution in [0.5, 0.6) is 0 Å². The molecule has 0 unspecified atom stereocenters. The number of urea groups is 1. The number of amides is 2. The minimum absolute atomic E-state index is 0.0928. The standard InChI is InChI=1S/C18H22N4O3/c1-11-9-15-16(22(4)18(24)21(15)3)10-14(11)20-17(23)19-8-7-13-6-5-12(2)25-13/h5-6,9-10H,7-8H2,1-4H3,(H2,19,20,23). The Kier molecular flexibility index (Phi) is 4.39. The second-order valence-electron chi connectivity index (χ2n) is 6.20. The SMILES string of the molecule is Cc1ccc(CCNC(=O)Nc2cc3c(cc2C)n(C)c(=O)n3C)o1. The number of rotatable bonds is 4. The van der Waals surface area contributed by atoms with Crippen molar-refractivity contribution >= 4 is 22.8 Å². The Bertz CT molecular complexity index is 994. The molecule has 2 amide bonds. The van der Waals surface area contributed by atoms with Crippen LogP contribution in [0.2, 0.25) is 0 Å². The molecule has 2 N–H and O–H groups in total. The van der Waals surface area contributed by atoms with Crippen molar-refractivity contribution in [2.45, 2.75) is 20.3 Å². The van der Waals surface area contributed by atoms with Gasteiger partial charge in [-0.25, -0.2) is 9.59 Å². The van der Waals surface area contributed by atoms with Crippen LogP contribution in [0.1, 0.15) is 17.1 Å². The predicted molar refractivity (Wildman–Crippen MR) is 97.1 cm³/mol. The fourth-order valence-corrected chi connectivity index (χ4v) is 2.87. The van der Waals surface area contributed by atoms with Gasteiger partial charge >= 0.3 is 11.7 Å². The van der Waals surface area contributed by atoms with Crippen molar-refractivity contribution in [1.82, 2.24) is 14.5 Å². The maximum atomic E-state index is 12.1. The van der Waals surface area contributed by atoms with Gasteiger partial charge in [-0.1, -0.05) is 0 Å². The Morgan fingerprint density at radius 3 is 2.44 bits per heavy atom. The molecule has 0 spiro atoms. The zero-order valence-electron chi connectivity index (χ0n) is 14.8. The molecule has 0 aliphatic rings. The average molecular weight is 342 g/mol. The Hall–Kier alpha value is -2.96. The molecule has 25 heavy (non-hydrogen) atoms. The van der Waals surface area contributed by atoms with Gasteiger partial charge in [0.15, 0.2) is 0 Å². The Morgan fingerprint density at radius 2 is 1.80 bits per heavy atom. The molecule has 0 saturated carbocycles. The number of carbonyl (C=O) groups excluding carboxylic acids is 1. The maximum Gasteiger partial charge on any atom is 0.328 e. The summed E-state index contributed by atoms with van der Waals surface area (Å²) in [6, 6.07) is 7.24. The number of imidazole rings is 1. The summed E-state index contributed by atoms with van der Waals surface area (Å²) < 4.78 is 8.63.